The van der Waals surface area contributed by atoms with Crippen molar-refractivity contribution in [2.75, 3.05) is 33.0 Å². The maximum atomic E-state index is 13.2. The zero-order valence-electron chi connectivity index (χ0n) is 34.0. The first-order chi connectivity index (χ1) is 28.5. The predicted octanol–water partition coefficient (Wildman–Crippen LogP) is 9.39. The van der Waals surface area contributed by atoms with Crippen LogP contribution in [0.3, 0.4) is 0 Å². The highest BCUT2D eigenvalue weighted by Crippen LogP contribution is 2.50. The Bertz CT molecular complexity index is 2080. The molecule has 11 nitrogen and oxygen atoms in total. The first kappa shape index (κ1) is 43.9. The normalized spacial score (nSPS) is 12.6. The van der Waals surface area contributed by atoms with Crippen LogP contribution in [-0.4, -0.2) is 63.0 Å². The maximum Gasteiger partial charge on any atom is 0.343 e. The van der Waals surface area contributed by atoms with Crippen LogP contribution in [0, 0.1) is 0 Å². The lowest BCUT2D eigenvalue weighted by atomic mass is 9.82. The van der Waals surface area contributed by atoms with Gasteiger partial charge in [0.15, 0.2) is 6.10 Å². The summed E-state index contributed by atoms with van der Waals surface area (Å²) in [7, 11) is 0. The van der Waals surface area contributed by atoms with E-state index in [4.69, 9.17) is 33.2 Å². The molecule has 1 atom stereocenters. The molecule has 310 valence electrons. The molecule has 11 heteroatoms. The van der Waals surface area contributed by atoms with Gasteiger partial charge in [-0.3, -0.25) is 0 Å². The Morgan fingerprint density at radius 3 is 1.56 bits per heavy atom. The van der Waals surface area contributed by atoms with Crippen molar-refractivity contribution < 1.29 is 52.3 Å². The number of carbonyl (C=O) groups excluding carboxylic acids is 4. The van der Waals surface area contributed by atoms with Crippen LogP contribution in [0.1, 0.15) is 91.1 Å². The van der Waals surface area contributed by atoms with Gasteiger partial charge in [0, 0.05) is 24.2 Å². The third-order valence-corrected chi connectivity index (χ3v) is 9.77. The first-order valence-corrected chi connectivity index (χ1v) is 19.9. The summed E-state index contributed by atoms with van der Waals surface area (Å²) in [5, 5.41) is 0. The molecular weight excluding hydrogens is 753 g/mol. The first-order valence-electron chi connectivity index (χ1n) is 19.9. The van der Waals surface area contributed by atoms with Crippen LogP contribution in [0.15, 0.2) is 110 Å². The van der Waals surface area contributed by atoms with Gasteiger partial charge in [-0.05, 0) is 114 Å². The van der Waals surface area contributed by atoms with Crippen LogP contribution >= 0.6 is 0 Å². The fraction of sp³-hybridized carbons (Fsp3) is 0.333. The monoisotopic (exact) mass is 804 g/mol. The number of hydrogen-bond acceptors (Lipinski definition) is 11. The van der Waals surface area contributed by atoms with Gasteiger partial charge in [-0.25, -0.2) is 19.2 Å². The van der Waals surface area contributed by atoms with Gasteiger partial charge in [-0.15, -0.1) is 0 Å². The summed E-state index contributed by atoms with van der Waals surface area (Å²) in [6.45, 7) is 14.4. The summed E-state index contributed by atoms with van der Waals surface area (Å²) >= 11 is 0. The van der Waals surface area contributed by atoms with Crippen molar-refractivity contribution in [3.63, 3.8) is 0 Å². The van der Waals surface area contributed by atoms with E-state index in [1.165, 1.54) is 12.8 Å². The lowest BCUT2D eigenvalue weighted by molar-refractivity contribution is -0.156. The fourth-order valence-electron chi connectivity index (χ4n) is 6.52. The number of fused-ring (bicyclic) bond motifs is 3. The third kappa shape index (κ3) is 12.4. The number of rotatable bonds is 23. The van der Waals surface area contributed by atoms with Gasteiger partial charge >= 0.3 is 23.9 Å². The van der Waals surface area contributed by atoms with Crippen LogP contribution in [0.25, 0.3) is 11.1 Å². The zero-order valence-corrected chi connectivity index (χ0v) is 34.0. The molecule has 0 fully saturated rings. The van der Waals surface area contributed by atoms with Crippen molar-refractivity contribution >= 4 is 23.9 Å². The van der Waals surface area contributed by atoms with E-state index in [2.05, 4.69) is 33.9 Å². The molecule has 0 bridgehead atoms. The largest absolute Gasteiger partial charge is 0.494 e. The third-order valence-electron chi connectivity index (χ3n) is 9.77. The zero-order chi connectivity index (χ0) is 42.2. The molecule has 4 aromatic rings. The predicted molar refractivity (Wildman–Crippen MR) is 223 cm³/mol. The SMILES string of the molecule is C=CC(=O)OCC(COCCCCOc1ccc(C(=O)Oc2ccc3c(c2)C(C)(C)c2cc(OC(=O)c4ccc(OCCCCCC)cc4)ccc2-3)cc1)OC(=O)C=C. The second-order valence-electron chi connectivity index (χ2n) is 14.5. The summed E-state index contributed by atoms with van der Waals surface area (Å²) in [5.74, 6) is -0.0383. The van der Waals surface area contributed by atoms with E-state index in [0.29, 0.717) is 61.0 Å². The molecular formula is C48H52O11. The molecule has 0 amide bonds. The summed E-state index contributed by atoms with van der Waals surface area (Å²) in [5.41, 5.74) is 4.38. The van der Waals surface area contributed by atoms with E-state index < -0.39 is 35.4 Å². The molecule has 0 saturated heterocycles. The smallest absolute Gasteiger partial charge is 0.343 e. The standard InChI is InChI=1S/C48H52O11/c1-6-9-10-11-27-54-35-18-14-33(15-19-35)46(51)58-37-22-24-40-41-25-23-38(30-43(41)48(4,5)42(40)29-37)59-47(52)34-16-20-36(21-17-34)55-28-13-12-26-53-31-39(57-45(50)8-3)32-56-44(49)7-2/h7-8,14-25,29-30,39H,2-3,6,9-13,26-28,31-32H2,1,4-5H3. The van der Waals surface area contributed by atoms with Crippen molar-refractivity contribution in [2.45, 2.75) is 70.8 Å². The summed E-state index contributed by atoms with van der Waals surface area (Å²) in [6, 6.07) is 25.0. The Morgan fingerprint density at radius 1 is 0.593 bits per heavy atom. The average Bonchev–Trinajstić information content (AvgIpc) is 3.46. The van der Waals surface area contributed by atoms with E-state index in [9.17, 15) is 19.2 Å². The Hall–Kier alpha value is -6.20. The van der Waals surface area contributed by atoms with Gasteiger partial charge in [0.1, 0.15) is 29.6 Å². The molecule has 0 spiro atoms. The number of benzene rings is 4. The Balaban J connectivity index is 1.08. The molecule has 0 aromatic heterocycles. The number of unbranched alkanes of at least 4 members (excludes halogenated alkanes) is 4. The molecule has 0 aliphatic heterocycles. The lowest BCUT2D eigenvalue weighted by Crippen LogP contribution is -2.29. The van der Waals surface area contributed by atoms with Gasteiger partial charge in [0.25, 0.3) is 0 Å². The maximum absolute atomic E-state index is 13.2. The van der Waals surface area contributed by atoms with Crippen LogP contribution in [0.4, 0.5) is 0 Å². The molecule has 4 aromatic carbocycles. The van der Waals surface area contributed by atoms with Crippen LogP contribution < -0.4 is 18.9 Å². The topological polar surface area (TPSA) is 133 Å². The number of hydrogen-bond donors (Lipinski definition) is 0. The molecule has 1 unspecified atom stereocenters. The van der Waals surface area contributed by atoms with Crippen LogP contribution in [0.2, 0.25) is 0 Å². The van der Waals surface area contributed by atoms with E-state index in [-0.39, 0.29) is 13.2 Å². The van der Waals surface area contributed by atoms with Crippen LogP contribution in [-0.2, 0) is 29.2 Å². The number of carbonyl (C=O) groups is 4. The van der Waals surface area contributed by atoms with Crippen molar-refractivity contribution in [1.82, 2.24) is 0 Å². The second kappa shape index (κ2) is 21.5. The Morgan fingerprint density at radius 2 is 1.07 bits per heavy atom. The van der Waals surface area contributed by atoms with Gasteiger partial charge in [0.05, 0.1) is 30.9 Å². The second-order valence-corrected chi connectivity index (χ2v) is 14.5. The minimum atomic E-state index is -0.771. The summed E-state index contributed by atoms with van der Waals surface area (Å²) in [4.78, 5) is 49.1. The van der Waals surface area contributed by atoms with E-state index in [1.54, 1.807) is 60.7 Å². The van der Waals surface area contributed by atoms with Crippen LogP contribution in [0.5, 0.6) is 23.0 Å². The molecule has 0 saturated carbocycles. The summed E-state index contributed by atoms with van der Waals surface area (Å²) < 4.78 is 38.9. The van der Waals surface area contributed by atoms with Crippen molar-refractivity contribution in [1.29, 1.82) is 0 Å². The number of esters is 4. The van der Waals surface area contributed by atoms with Crippen molar-refractivity contribution in [3.8, 4) is 34.1 Å². The van der Waals surface area contributed by atoms with Gasteiger partial charge < -0.3 is 33.2 Å². The molecule has 1 aliphatic carbocycles. The minimum absolute atomic E-state index is 0.0472. The van der Waals surface area contributed by atoms with E-state index in [0.717, 1.165) is 53.0 Å². The van der Waals surface area contributed by atoms with Gasteiger partial charge in [-0.1, -0.05) is 65.3 Å². The molecule has 0 heterocycles. The minimum Gasteiger partial charge on any atom is -0.494 e. The number of ether oxygens (including phenoxy) is 7. The van der Waals surface area contributed by atoms with Gasteiger partial charge in [-0.2, -0.15) is 0 Å². The lowest BCUT2D eigenvalue weighted by Gasteiger charge is -2.22. The summed E-state index contributed by atoms with van der Waals surface area (Å²) in [6.07, 6.45) is 7.13. The average molecular weight is 805 g/mol. The Labute approximate surface area is 345 Å². The Kier molecular flexibility index (Phi) is 16.0. The highest BCUT2D eigenvalue weighted by atomic mass is 16.6. The quantitative estimate of drug-likeness (QED) is 0.0307. The highest BCUT2D eigenvalue weighted by Gasteiger charge is 2.36. The fourth-order valence-corrected chi connectivity index (χ4v) is 6.52. The van der Waals surface area contributed by atoms with Crippen molar-refractivity contribution in [2.24, 2.45) is 0 Å². The molecule has 5 rings (SSSR count). The molecule has 0 radical (unpaired) electrons. The highest BCUT2D eigenvalue weighted by molar-refractivity contribution is 5.92. The van der Waals surface area contributed by atoms with Gasteiger partial charge in [0.2, 0.25) is 0 Å². The van der Waals surface area contributed by atoms with Crippen molar-refractivity contribution in [3.05, 3.63) is 132 Å². The molecule has 1 aliphatic rings. The molecule has 59 heavy (non-hydrogen) atoms. The van der Waals surface area contributed by atoms with E-state index >= 15 is 0 Å². The molecule has 0 N–H and O–H groups in total. The van der Waals surface area contributed by atoms with E-state index in [1.807, 2.05) is 24.3 Å².